The SMILES string of the molecule is Cc1nc(CC(=O)N2C(C)CCCC2C)co1. The van der Waals surface area contributed by atoms with E-state index in [-0.39, 0.29) is 5.91 Å². The number of aryl methyl sites for hydroxylation is 1. The van der Waals surface area contributed by atoms with Crippen LogP contribution in [-0.2, 0) is 11.2 Å². The van der Waals surface area contributed by atoms with Crippen LogP contribution in [0.1, 0.15) is 44.7 Å². The Morgan fingerprint density at radius 2 is 2.12 bits per heavy atom. The zero-order chi connectivity index (χ0) is 12.4. The molecule has 2 unspecified atom stereocenters. The number of amides is 1. The maximum Gasteiger partial charge on any atom is 0.229 e. The van der Waals surface area contributed by atoms with E-state index < -0.39 is 0 Å². The molecule has 1 aromatic heterocycles. The molecule has 0 spiro atoms. The highest BCUT2D eigenvalue weighted by atomic mass is 16.3. The first kappa shape index (κ1) is 12.1. The molecule has 17 heavy (non-hydrogen) atoms. The summed E-state index contributed by atoms with van der Waals surface area (Å²) in [6.07, 6.45) is 5.36. The Morgan fingerprint density at radius 3 is 2.65 bits per heavy atom. The fraction of sp³-hybridized carbons (Fsp3) is 0.692. The Bertz CT molecular complexity index is 390. The number of piperidine rings is 1. The van der Waals surface area contributed by atoms with Crippen LogP contribution in [0.4, 0.5) is 0 Å². The minimum Gasteiger partial charge on any atom is -0.449 e. The van der Waals surface area contributed by atoms with Crippen LogP contribution in [0, 0.1) is 6.92 Å². The second-order valence-electron chi connectivity index (χ2n) is 4.96. The molecule has 1 fully saturated rings. The van der Waals surface area contributed by atoms with Crippen LogP contribution in [0.25, 0.3) is 0 Å². The number of carbonyl (C=O) groups excluding carboxylic acids is 1. The molecule has 1 aromatic rings. The van der Waals surface area contributed by atoms with E-state index in [1.807, 2.05) is 4.90 Å². The van der Waals surface area contributed by atoms with E-state index in [9.17, 15) is 4.79 Å². The van der Waals surface area contributed by atoms with Crippen molar-refractivity contribution in [2.24, 2.45) is 0 Å². The topological polar surface area (TPSA) is 46.3 Å². The van der Waals surface area contributed by atoms with E-state index in [4.69, 9.17) is 4.42 Å². The highest BCUT2D eigenvalue weighted by Gasteiger charge is 2.29. The molecule has 1 amide bonds. The predicted molar refractivity (Wildman–Crippen MR) is 64.6 cm³/mol. The Kier molecular flexibility index (Phi) is 3.50. The molecule has 94 valence electrons. The first-order chi connectivity index (χ1) is 8.08. The molecule has 0 saturated carbocycles. The maximum absolute atomic E-state index is 12.2. The van der Waals surface area contributed by atoms with Crippen molar-refractivity contribution in [2.75, 3.05) is 0 Å². The molecule has 4 nitrogen and oxygen atoms in total. The summed E-state index contributed by atoms with van der Waals surface area (Å²) < 4.78 is 5.12. The van der Waals surface area contributed by atoms with Crippen LogP contribution >= 0.6 is 0 Å². The minimum absolute atomic E-state index is 0.165. The number of hydrogen-bond donors (Lipinski definition) is 0. The average molecular weight is 236 g/mol. The zero-order valence-corrected chi connectivity index (χ0v) is 10.8. The lowest BCUT2D eigenvalue weighted by Crippen LogP contribution is -2.48. The van der Waals surface area contributed by atoms with Crippen LogP contribution in [-0.4, -0.2) is 27.9 Å². The van der Waals surface area contributed by atoms with E-state index in [2.05, 4.69) is 18.8 Å². The molecule has 0 radical (unpaired) electrons. The van der Waals surface area contributed by atoms with Gasteiger partial charge in [-0.05, 0) is 33.1 Å². The largest absolute Gasteiger partial charge is 0.449 e. The van der Waals surface area contributed by atoms with Gasteiger partial charge in [-0.15, -0.1) is 0 Å². The third-order valence-electron chi connectivity index (χ3n) is 3.48. The van der Waals surface area contributed by atoms with Crippen molar-refractivity contribution in [3.8, 4) is 0 Å². The predicted octanol–water partition coefficient (Wildman–Crippen LogP) is 2.32. The quantitative estimate of drug-likeness (QED) is 0.791. The first-order valence-electron chi connectivity index (χ1n) is 6.30. The van der Waals surface area contributed by atoms with E-state index in [1.165, 1.54) is 6.42 Å². The third-order valence-corrected chi connectivity index (χ3v) is 3.48. The number of carbonyl (C=O) groups is 1. The monoisotopic (exact) mass is 236 g/mol. The molecular formula is C13H20N2O2. The van der Waals surface area contributed by atoms with Crippen LogP contribution in [0.15, 0.2) is 10.7 Å². The molecule has 1 aliphatic rings. The van der Waals surface area contributed by atoms with Crippen LogP contribution < -0.4 is 0 Å². The number of hydrogen-bond acceptors (Lipinski definition) is 3. The molecule has 2 heterocycles. The van der Waals surface area contributed by atoms with Gasteiger partial charge in [0, 0.05) is 19.0 Å². The highest BCUT2D eigenvalue weighted by molar-refractivity contribution is 5.79. The molecule has 4 heteroatoms. The number of likely N-dealkylation sites (tertiary alicyclic amines) is 1. The highest BCUT2D eigenvalue weighted by Crippen LogP contribution is 2.23. The van der Waals surface area contributed by atoms with Crippen molar-refractivity contribution >= 4 is 5.91 Å². The summed E-state index contributed by atoms with van der Waals surface area (Å²) in [5, 5.41) is 0. The normalized spacial score (nSPS) is 25.0. The number of aromatic nitrogens is 1. The van der Waals surface area contributed by atoms with Gasteiger partial charge in [-0.1, -0.05) is 0 Å². The molecule has 0 bridgehead atoms. The Labute approximate surface area is 102 Å². The van der Waals surface area contributed by atoms with Crippen LogP contribution in [0.3, 0.4) is 0 Å². The minimum atomic E-state index is 0.165. The van der Waals surface area contributed by atoms with Crippen molar-refractivity contribution < 1.29 is 9.21 Å². The average Bonchev–Trinajstić information content (AvgIpc) is 2.63. The van der Waals surface area contributed by atoms with Crippen molar-refractivity contribution in [1.82, 2.24) is 9.88 Å². The smallest absolute Gasteiger partial charge is 0.229 e. The summed E-state index contributed by atoms with van der Waals surface area (Å²) >= 11 is 0. The van der Waals surface area contributed by atoms with Gasteiger partial charge in [0.15, 0.2) is 5.89 Å². The van der Waals surface area contributed by atoms with Gasteiger partial charge in [0.25, 0.3) is 0 Å². The van der Waals surface area contributed by atoms with E-state index in [0.29, 0.717) is 24.4 Å². The lowest BCUT2D eigenvalue weighted by atomic mass is 9.97. The van der Waals surface area contributed by atoms with Gasteiger partial charge in [0.05, 0.1) is 12.1 Å². The summed E-state index contributed by atoms with van der Waals surface area (Å²) in [7, 11) is 0. The van der Waals surface area contributed by atoms with Gasteiger partial charge in [-0.25, -0.2) is 4.98 Å². The Morgan fingerprint density at radius 1 is 1.47 bits per heavy atom. The molecule has 0 aliphatic carbocycles. The third kappa shape index (κ3) is 2.68. The van der Waals surface area contributed by atoms with E-state index >= 15 is 0 Å². The van der Waals surface area contributed by atoms with Crippen LogP contribution in [0.2, 0.25) is 0 Å². The Hall–Kier alpha value is -1.32. The van der Waals surface area contributed by atoms with Crippen molar-refractivity contribution in [2.45, 2.75) is 58.5 Å². The lowest BCUT2D eigenvalue weighted by Gasteiger charge is -2.39. The van der Waals surface area contributed by atoms with Gasteiger partial charge >= 0.3 is 0 Å². The maximum atomic E-state index is 12.2. The second kappa shape index (κ2) is 4.90. The summed E-state index contributed by atoms with van der Waals surface area (Å²) in [5.41, 5.74) is 0.734. The standard InChI is InChI=1S/C13H20N2O2/c1-9-5-4-6-10(2)15(9)13(16)7-12-8-17-11(3)14-12/h8-10H,4-7H2,1-3H3. The molecule has 2 rings (SSSR count). The summed E-state index contributed by atoms with van der Waals surface area (Å²) in [5.74, 6) is 0.783. The Balaban J connectivity index is 2.03. The van der Waals surface area contributed by atoms with Gasteiger partial charge in [0.1, 0.15) is 6.26 Å². The number of rotatable bonds is 2. The summed E-state index contributed by atoms with van der Waals surface area (Å²) in [4.78, 5) is 18.4. The van der Waals surface area contributed by atoms with Gasteiger partial charge in [-0.3, -0.25) is 4.79 Å². The zero-order valence-electron chi connectivity index (χ0n) is 10.8. The van der Waals surface area contributed by atoms with Gasteiger partial charge < -0.3 is 9.32 Å². The molecule has 1 aliphatic heterocycles. The molecule has 0 N–H and O–H groups in total. The molecule has 1 saturated heterocycles. The fourth-order valence-electron chi connectivity index (χ4n) is 2.65. The number of oxazole rings is 1. The van der Waals surface area contributed by atoms with Crippen LogP contribution in [0.5, 0.6) is 0 Å². The summed E-state index contributed by atoms with van der Waals surface area (Å²) in [6, 6.07) is 0.693. The molecular weight excluding hydrogens is 216 g/mol. The summed E-state index contributed by atoms with van der Waals surface area (Å²) in [6.45, 7) is 6.04. The second-order valence-corrected chi connectivity index (χ2v) is 4.96. The van der Waals surface area contributed by atoms with Crippen molar-refractivity contribution in [3.05, 3.63) is 17.8 Å². The first-order valence-corrected chi connectivity index (χ1v) is 6.30. The lowest BCUT2D eigenvalue weighted by molar-refractivity contribution is -0.136. The fourth-order valence-corrected chi connectivity index (χ4v) is 2.65. The van der Waals surface area contributed by atoms with Gasteiger partial charge in [-0.2, -0.15) is 0 Å². The number of nitrogens with zero attached hydrogens (tertiary/aromatic N) is 2. The van der Waals surface area contributed by atoms with Crippen molar-refractivity contribution in [3.63, 3.8) is 0 Å². The van der Waals surface area contributed by atoms with E-state index in [0.717, 1.165) is 18.5 Å². The van der Waals surface area contributed by atoms with Crippen molar-refractivity contribution in [1.29, 1.82) is 0 Å². The van der Waals surface area contributed by atoms with E-state index in [1.54, 1.807) is 13.2 Å². The molecule has 2 atom stereocenters. The van der Waals surface area contributed by atoms with Gasteiger partial charge in [0.2, 0.25) is 5.91 Å². The molecule has 0 aromatic carbocycles.